The molecule has 1 saturated heterocycles. The quantitative estimate of drug-likeness (QED) is 0.833. The topological polar surface area (TPSA) is 30.5 Å². The van der Waals surface area contributed by atoms with Crippen LogP contribution in [0.25, 0.3) is 0 Å². The van der Waals surface area contributed by atoms with Gasteiger partial charge in [0.2, 0.25) is 0 Å². The zero-order chi connectivity index (χ0) is 10.5. The van der Waals surface area contributed by atoms with E-state index in [1.54, 1.807) is 18.4 Å². The van der Waals surface area contributed by atoms with Gasteiger partial charge in [-0.25, -0.2) is 0 Å². The maximum atomic E-state index is 5.32. The van der Waals surface area contributed by atoms with E-state index in [1.807, 2.05) is 6.07 Å². The molecule has 1 aliphatic rings. The van der Waals surface area contributed by atoms with E-state index in [1.165, 1.54) is 11.3 Å². The Bertz CT molecular complexity index is 295. The average Bonchev–Trinajstić information content (AvgIpc) is 2.88. The summed E-state index contributed by atoms with van der Waals surface area (Å²) in [7, 11) is 1.71. The molecule has 0 saturated carbocycles. The molecule has 1 aliphatic heterocycles. The summed E-state index contributed by atoms with van der Waals surface area (Å²) in [5.74, 6) is 0.701. The highest BCUT2D eigenvalue weighted by atomic mass is 32.1. The molecule has 0 radical (unpaired) electrons. The Balaban J connectivity index is 1.68. The molecule has 0 amide bonds. The molecule has 3 nitrogen and oxygen atoms in total. The van der Waals surface area contributed by atoms with Gasteiger partial charge in [0.1, 0.15) is 0 Å². The third-order valence-corrected chi connectivity index (χ3v) is 3.64. The van der Waals surface area contributed by atoms with Crippen molar-refractivity contribution in [3.05, 3.63) is 17.0 Å². The van der Waals surface area contributed by atoms with Gasteiger partial charge in [0, 0.05) is 24.6 Å². The molecular formula is C11H17NO2S. The lowest BCUT2D eigenvalue weighted by atomic mass is 10.1. The minimum absolute atomic E-state index is 0.701. The molecule has 0 bridgehead atoms. The second kappa shape index (κ2) is 5.49. The van der Waals surface area contributed by atoms with Crippen molar-refractivity contribution in [3.8, 4) is 5.06 Å². The van der Waals surface area contributed by atoms with Crippen molar-refractivity contribution in [1.29, 1.82) is 0 Å². The lowest BCUT2D eigenvalue weighted by molar-refractivity contribution is 0.185. The molecule has 1 unspecified atom stereocenters. The zero-order valence-corrected chi connectivity index (χ0v) is 9.81. The first kappa shape index (κ1) is 10.9. The van der Waals surface area contributed by atoms with E-state index in [-0.39, 0.29) is 0 Å². The Morgan fingerprint density at radius 1 is 1.60 bits per heavy atom. The highest BCUT2D eigenvalue weighted by Gasteiger charge is 2.14. The van der Waals surface area contributed by atoms with Gasteiger partial charge in [-0.3, -0.25) is 0 Å². The summed E-state index contributed by atoms with van der Waals surface area (Å²) in [5.41, 5.74) is 0. The number of thiophene rings is 1. The van der Waals surface area contributed by atoms with Crippen molar-refractivity contribution in [2.75, 3.05) is 26.9 Å². The minimum atomic E-state index is 0.701. The molecule has 1 fully saturated rings. The Hall–Kier alpha value is -0.580. The smallest absolute Gasteiger partial charge is 0.173 e. The third kappa shape index (κ3) is 3.19. The summed E-state index contributed by atoms with van der Waals surface area (Å²) in [6, 6.07) is 4.13. The highest BCUT2D eigenvalue weighted by molar-refractivity contribution is 7.13. The van der Waals surface area contributed by atoms with Crippen molar-refractivity contribution in [1.82, 2.24) is 5.32 Å². The number of rotatable bonds is 5. The van der Waals surface area contributed by atoms with Crippen LogP contribution in [0.4, 0.5) is 0 Å². The van der Waals surface area contributed by atoms with Gasteiger partial charge in [0.15, 0.2) is 5.06 Å². The number of methoxy groups -OCH3 is 1. The summed E-state index contributed by atoms with van der Waals surface area (Å²) in [6.45, 7) is 3.84. The predicted octanol–water partition coefficient (Wildman–Crippen LogP) is 1.88. The first-order chi connectivity index (χ1) is 7.38. The summed E-state index contributed by atoms with van der Waals surface area (Å²) < 4.78 is 10.5. The Morgan fingerprint density at radius 2 is 2.53 bits per heavy atom. The zero-order valence-electron chi connectivity index (χ0n) is 8.99. The van der Waals surface area contributed by atoms with Crippen LogP contribution in [0.2, 0.25) is 0 Å². The van der Waals surface area contributed by atoms with E-state index >= 15 is 0 Å². The molecule has 2 heterocycles. The van der Waals surface area contributed by atoms with Crippen LogP contribution < -0.4 is 10.1 Å². The second-order valence-corrected chi connectivity index (χ2v) is 4.92. The first-order valence-corrected chi connectivity index (χ1v) is 6.11. The van der Waals surface area contributed by atoms with E-state index in [2.05, 4.69) is 11.4 Å². The fourth-order valence-electron chi connectivity index (χ4n) is 1.71. The largest absolute Gasteiger partial charge is 0.487 e. The maximum absolute atomic E-state index is 5.32. The van der Waals surface area contributed by atoms with Crippen molar-refractivity contribution in [2.24, 2.45) is 5.92 Å². The van der Waals surface area contributed by atoms with Crippen molar-refractivity contribution in [2.45, 2.75) is 13.0 Å². The van der Waals surface area contributed by atoms with Gasteiger partial charge in [0.25, 0.3) is 0 Å². The van der Waals surface area contributed by atoms with Gasteiger partial charge >= 0.3 is 0 Å². The van der Waals surface area contributed by atoms with Crippen LogP contribution in [0.15, 0.2) is 12.1 Å². The monoisotopic (exact) mass is 227 g/mol. The molecule has 0 aromatic carbocycles. The average molecular weight is 227 g/mol. The summed E-state index contributed by atoms with van der Waals surface area (Å²) in [5, 5.41) is 4.44. The molecular weight excluding hydrogens is 210 g/mol. The van der Waals surface area contributed by atoms with E-state index in [9.17, 15) is 0 Å². The molecule has 1 aromatic heterocycles. The van der Waals surface area contributed by atoms with Crippen LogP contribution >= 0.6 is 11.3 Å². The van der Waals surface area contributed by atoms with E-state index in [0.29, 0.717) is 5.92 Å². The Morgan fingerprint density at radius 3 is 3.20 bits per heavy atom. The molecule has 1 N–H and O–H groups in total. The molecule has 15 heavy (non-hydrogen) atoms. The Kier molecular flexibility index (Phi) is 4.00. The molecule has 0 spiro atoms. The van der Waals surface area contributed by atoms with Crippen molar-refractivity contribution >= 4 is 11.3 Å². The summed E-state index contributed by atoms with van der Waals surface area (Å²) >= 11 is 1.70. The fourth-order valence-corrected chi connectivity index (χ4v) is 2.49. The molecule has 4 heteroatoms. The Labute approximate surface area is 94.4 Å². The first-order valence-electron chi connectivity index (χ1n) is 5.29. The van der Waals surface area contributed by atoms with E-state index in [0.717, 1.165) is 31.4 Å². The molecule has 2 rings (SSSR count). The third-order valence-electron chi connectivity index (χ3n) is 2.59. The van der Waals surface area contributed by atoms with E-state index < -0.39 is 0 Å². The standard InChI is InChI=1S/C11H17NO2S/c1-13-11-3-2-10(15-11)7-12-6-9-4-5-14-8-9/h2-3,9,12H,4-8H2,1H3. The van der Waals surface area contributed by atoms with Crippen molar-refractivity contribution in [3.63, 3.8) is 0 Å². The number of ether oxygens (including phenoxy) is 2. The van der Waals surface area contributed by atoms with Crippen LogP contribution in [-0.4, -0.2) is 26.9 Å². The van der Waals surface area contributed by atoms with Gasteiger partial charge in [-0.15, -0.1) is 11.3 Å². The van der Waals surface area contributed by atoms with Gasteiger partial charge in [-0.05, 0) is 24.5 Å². The predicted molar refractivity (Wildman–Crippen MR) is 61.5 cm³/mol. The van der Waals surface area contributed by atoms with Crippen LogP contribution in [0.3, 0.4) is 0 Å². The minimum Gasteiger partial charge on any atom is -0.487 e. The van der Waals surface area contributed by atoms with Crippen LogP contribution in [0.1, 0.15) is 11.3 Å². The SMILES string of the molecule is COc1ccc(CNCC2CCOC2)s1. The fraction of sp³-hybridized carbons (Fsp3) is 0.636. The molecule has 0 aliphatic carbocycles. The van der Waals surface area contributed by atoms with Gasteiger partial charge in [-0.2, -0.15) is 0 Å². The van der Waals surface area contributed by atoms with Gasteiger partial charge in [-0.1, -0.05) is 0 Å². The van der Waals surface area contributed by atoms with Gasteiger partial charge < -0.3 is 14.8 Å². The number of hydrogen-bond acceptors (Lipinski definition) is 4. The molecule has 84 valence electrons. The van der Waals surface area contributed by atoms with Crippen LogP contribution in [-0.2, 0) is 11.3 Å². The summed E-state index contributed by atoms with van der Waals surface area (Å²) in [6.07, 6.45) is 1.20. The van der Waals surface area contributed by atoms with Gasteiger partial charge in [0.05, 0.1) is 13.7 Å². The highest BCUT2D eigenvalue weighted by Crippen LogP contribution is 2.23. The maximum Gasteiger partial charge on any atom is 0.173 e. The lowest BCUT2D eigenvalue weighted by Crippen LogP contribution is -2.22. The molecule has 1 aromatic rings. The van der Waals surface area contributed by atoms with Crippen LogP contribution in [0.5, 0.6) is 5.06 Å². The normalized spacial score (nSPS) is 20.7. The summed E-state index contributed by atoms with van der Waals surface area (Å²) in [4.78, 5) is 1.32. The number of nitrogens with one attached hydrogen (secondary N) is 1. The number of hydrogen-bond donors (Lipinski definition) is 1. The lowest BCUT2D eigenvalue weighted by Gasteiger charge is -2.07. The van der Waals surface area contributed by atoms with E-state index in [4.69, 9.17) is 9.47 Å². The molecule has 1 atom stereocenters. The van der Waals surface area contributed by atoms with Crippen molar-refractivity contribution < 1.29 is 9.47 Å². The second-order valence-electron chi connectivity index (χ2n) is 3.79. The van der Waals surface area contributed by atoms with Crippen LogP contribution in [0, 0.1) is 5.92 Å².